The Kier molecular flexibility index (Phi) is 4.41. The molecule has 0 spiro atoms. The predicted molar refractivity (Wildman–Crippen MR) is 77.1 cm³/mol. The van der Waals surface area contributed by atoms with E-state index in [0.29, 0.717) is 28.1 Å². The summed E-state index contributed by atoms with van der Waals surface area (Å²) in [5.41, 5.74) is 0.519. The van der Waals surface area contributed by atoms with Crippen LogP contribution in [0.5, 0.6) is 0 Å². The van der Waals surface area contributed by atoms with Gasteiger partial charge in [0, 0.05) is 12.5 Å². The monoisotopic (exact) mass is 361 g/mol. The molecule has 0 bridgehead atoms. The van der Waals surface area contributed by atoms with E-state index >= 15 is 0 Å². The SMILES string of the molecule is Cc1cc(Cc2nc(Br)nn2C(C)C)cc(C(F)(F)F)c1. The lowest BCUT2D eigenvalue weighted by molar-refractivity contribution is -0.137. The largest absolute Gasteiger partial charge is 0.416 e. The second-order valence-corrected chi connectivity index (χ2v) is 5.93. The third-order valence-electron chi connectivity index (χ3n) is 2.99. The Hall–Kier alpha value is -1.37. The van der Waals surface area contributed by atoms with Crippen LogP contribution in [0.2, 0.25) is 0 Å². The number of aromatic nitrogens is 3. The standard InChI is InChI=1S/C14H15BrF3N3/c1-8(2)21-12(19-13(15)20-21)7-10-4-9(3)5-11(6-10)14(16,17)18/h4-6,8H,7H2,1-3H3. The molecule has 1 aromatic heterocycles. The molecule has 2 aromatic rings. The van der Waals surface area contributed by atoms with E-state index in [0.717, 1.165) is 6.07 Å². The highest BCUT2D eigenvalue weighted by atomic mass is 79.9. The van der Waals surface area contributed by atoms with Crippen molar-refractivity contribution in [2.24, 2.45) is 0 Å². The van der Waals surface area contributed by atoms with Crippen LogP contribution < -0.4 is 0 Å². The lowest BCUT2D eigenvalue weighted by atomic mass is 10.0. The van der Waals surface area contributed by atoms with E-state index in [4.69, 9.17) is 0 Å². The molecule has 0 N–H and O–H groups in total. The highest BCUT2D eigenvalue weighted by Crippen LogP contribution is 2.31. The van der Waals surface area contributed by atoms with Gasteiger partial charge in [0.25, 0.3) is 0 Å². The van der Waals surface area contributed by atoms with Crippen LogP contribution in [0, 0.1) is 6.92 Å². The second kappa shape index (κ2) is 5.79. The van der Waals surface area contributed by atoms with E-state index in [9.17, 15) is 13.2 Å². The van der Waals surface area contributed by atoms with Crippen molar-refractivity contribution in [2.75, 3.05) is 0 Å². The van der Waals surface area contributed by atoms with Crippen molar-refractivity contribution >= 4 is 15.9 Å². The predicted octanol–water partition coefficient (Wildman–Crippen LogP) is 4.54. The number of hydrogen-bond acceptors (Lipinski definition) is 2. The molecule has 0 aliphatic heterocycles. The molecule has 1 aromatic carbocycles. The Labute approximate surface area is 129 Å². The topological polar surface area (TPSA) is 30.7 Å². The number of aryl methyl sites for hydroxylation is 1. The smallest absolute Gasteiger partial charge is 0.246 e. The van der Waals surface area contributed by atoms with Crippen molar-refractivity contribution in [2.45, 2.75) is 39.4 Å². The quantitative estimate of drug-likeness (QED) is 0.803. The minimum atomic E-state index is -4.34. The number of halogens is 4. The summed E-state index contributed by atoms with van der Waals surface area (Å²) >= 11 is 3.20. The van der Waals surface area contributed by atoms with Crippen molar-refractivity contribution in [3.63, 3.8) is 0 Å². The fourth-order valence-electron chi connectivity index (χ4n) is 2.17. The molecule has 0 atom stereocenters. The van der Waals surface area contributed by atoms with Gasteiger partial charge in [-0.2, -0.15) is 13.2 Å². The van der Waals surface area contributed by atoms with Crippen LogP contribution in [-0.2, 0) is 12.6 Å². The van der Waals surface area contributed by atoms with Gasteiger partial charge in [-0.1, -0.05) is 11.6 Å². The summed E-state index contributed by atoms with van der Waals surface area (Å²) in [4.78, 5) is 4.24. The van der Waals surface area contributed by atoms with Crippen LogP contribution in [0.4, 0.5) is 13.2 Å². The molecule has 21 heavy (non-hydrogen) atoms. The molecule has 7 heteroatoms. The van der Waals surface area contributed by atoms with Crippen LogP contribution in [0.3, 0.4) is 0 Å². The zero-order valence-corrected chi connectivity index (χ0v) is 13.5. The van der Waals surface area contributed by atoms with E-state index in [1.165, 1.54) is 6.07 Å². The summed E-state index contributed by atoms with van der Waals surface area (Å²) < 4.78 is 40.7. The maximum absolute atomic E-state index is 12.9. The number of nitrogens with zero attached hydrogens (tertiary/aromatic N) is 3. The Morgan fingerprint density at radius 3 is 2.48 bits per heavy atom. The maximum Gasteiger partial charge on any atom is 0.416 e. The Morgan fingerprint density at radius 1 is 1.24 bits per heavy atom. The van der Waals surface area contributed by atoms with Crippen LogP contribution in [0.25, 0.3) is 0 Å². The van der Waals surface area contributed by atoms with Gasteiger partial charge in [0.05, 0.1) is 5.56 Å². The fourth-order valence-corrected chi connectivity index (χ4v) is 2.55. The van der Waals surface area contributed by atoms with Gasteiger partial charge in [0.15, 0.2) is 0 Å². The van der Waals surface area contributed by atoms with Crippen LogP contribution in [0.15, 0.2) is 22.9 Å². The molecule has 0 saturated heterocycles. The molecule has 0 aliphatic carbocycles. The molecule has 1 heterocycles. The highest BCUT2D eigenvalue weighted by molar-refractivity contribution is 9.10. The van der Waals surface area contributed by atoms with Gasteiger partial charge in [-0.05, 0) is 54.4 Å². The molecular formula is C14H15BrF3N3. The van der Waals surface area contributed by atoms with E-state index in [1.54, 1.807) is 17.7 Å². The first-order valence-electron chi connectivity index (χ1n) is 6.45. The van der Waals surface area contributed by atoms with Gasteiger partial charge < -0.3 is 0 Å². The third-order valence-corrected chi connectivity index (χ3v) is 3.33. The van der Waals surface area contributed by atoms with Crippen molar-refractivity contribution in [1.29, 1.82) is 0 Å². The lowest BCUT2D eigenvalue weighted by Crippen LogP contribution is -2.10. The zero-order valence-electron chi connectivity index (χ0n) is 11.9. The van der Waals surface area contributed by atoms with Gasteiger partial charge in [0.2, 0.25) is 4.73 Å². The summed E-state index contributed by atoms with van der Waals surface area (Å²) in [6.45, 7) is 5.55. The molecule has 0 radical (unpaired) electrons. The van der Waals surface area contributed by atoms with Crippen LogP contribution in [-0.4, -0.2) is 14.8 Å². The Morgan fingerprint density at radius 2 is 1.90 bits per heavy atom. The average molecular weight is 362 g/mol. The minimum absolute atomic E-state index is 0.0886. The van der Waals surface area contributed by atoms with Crippen molar-refractivity contribution in [1.82, 2.24) is 14.8 Å². The molecule has 0 fully saturated rings. The maximum atomic E-state index is 12.9. The molecule has 114 valence electrons. The molecule has 0 aliphatic rings. The van der Waals surface area contributed by atoms with Gasteiger partial charge in [-0.15, -0.1) is 5.10 Å². The minimum Gasteiger partial charge on any atom is -0.246 e. The summed E-state index contributed by atoms with van der Waals surface area (Å²) in [6.07, 6.45) is -4.03. The summed E-state index contributed by atoms with van der Waals surface area (Å²) in [5, 5.41) is 4.20. The van der Waals surface area contributed by atoms with Crippen molar-refractivity contribution in [3.05, 3.63) is 45.4 Å². The second-order valence-electron chi connectivity index (χ2n) is 5.22. The van der Waals surface area contributed by atoms with Gasteiger partial charge >= 0.3 is 6.18 Å². The van der Waals surface area contributed by atoms with Crippen LogP contribution >= 0.6 is 15.9 Å². The van der Waals surface area contributed by atoms with E-state index < -0.39 is 11.7 Å². The summed E-state index contributed by atoms with van der Waals surface area (Å²) in [7, 11) is 0. The van der Waals surface area contributed by atoms with E-state index in [-0.39, 0.29) is 6.04 Å². The fraction of sp³-hybridized carbons (Fsp3) is 0.429. The Bertz CT molecular complexity index is 647. The molecule has 3 nitrogen and oxygen atoms in total. The molecule has 0 amide bonds. The summed E-state index contributed by atoms with van der Waals surface area (Å²) in [5.74, 6) is 0.635. The first kappa shape index (κ1) is 16.0. The molecule has 0 unspecified atom stereocenters. The van der Waals surface area contributed by atoms with E-state index in [2.05, 4.69) is 26.0 Å². The van der Waals surface area contributed by atoms with Gasteiger partial charge in [-0.25, -0.2) is 9.67 Å². The number of alkyl halides is 3. The van der Waals surface area contributed by atoms with Crippen molar-refractivity contribution in [3.8, 4) is 0 Å². The highest BCUT2D eigenvalue weighted by Gasteiger charge is 2.31. The van der Waals surface area contributed by atoms with Crippen molar-refractivity contribution < 1.29 is 13.2 Å². The lowest BCUT2D eigenvalue weighted by Gasteiger charge is -2.12. The first-order valence-corrected chi connectivity index (χ1v) is 7.25. The molecule has 2 rings (SSSR count). The number of rotatable bonds is 3. The molecule has 0 saturated carbocycles. The number of hydrogen-bond donors (Lipinski definition) is 0. The average Bonchev–Trinajstić information content (AvgIpc) is 2.68. The summed E-state index contributed by atoms with van der Waals surface area (Å²) in [6, 6.07) is 4.14. The zero-order chi connectivity index (χ0) is 15.8. The number of benzene rings is 1. The van der Waals surface area contributed by atoms with Crippen LogP contribution in [0.1, 0.15) is 42.4 Å². The van der Waals surface area contributed by atoms with Gasteiger partial charge in [0.1, 0.15) is 5.82 Å². The first-order chi connectivity index (χ1) is 9.66. The van der Waals surface area contributed by atoms with Gasteiger partial charge in [-0.3, -0.25) is 0 Å². The Balaban J connectivity index is 2.38. The molecular weight excluding hydrogens is 347 g/mol. The normalized spacial score (nSPS) is 12.2. The van der Waals surface area contributed by atoms with E-state index in [1.807, 2.05) is 13.8 Å². The third kappa shape index (κ3) is 3.84.